The minimum atomic E-state index is 1.10. The van der Waals surface area contributed by atoms with Crippen LogP contribution < -0.4 is 5.32 Å². The summed E-state index contributed by atoms with van der Waals surface area (Å²) in [6.07, 6.45) is 4.03. The molecular weight excluding hydrogens is 136 g/mol. The highest BCUT2D eigenvalue weighted by Crippen LogP contribution is 1.99. The summed E-state index contributed by atoms with van der Waals surface area (Å²) < 4.78 is 1.10. The van der Waals surface area contributed by atoms with Gasteiger partial charge in [0.25, 0.3) is 0 Å². The molecule has 0 aliphatic carbocycles. The third-order valence-corrected chi connectivity index (χ3v) is 1.76. The van der Waals surface area contributed by atoms with Gasteiger partial charge < -0.3 is 9.80 Å². The zero-order valence-electron chi connectivity index (χ0n) is 8.48. The summed E-state index contributed by atoms with van der Waals surface area (Å²) in [7, 11) is 8.76. The van der Waals surface area contributed by atoms with Gasteiger partial charge in [0, 0.05) is 0 Å². The highest BCUT2D eigenvalue weighted by molar-refractivity contribution is 4.43. The van der Waals surface area contributed by atoms with E-state index in [4.69, 9.17) is 0 Å². The Hall–Kier alpha value is -0.0800. The normalized spacial score (nSPS) is 12.0. The van der Waals surface area contributed by atoms with Gasteiger partial charge in [0.15, 0.2) is 0 Å². The quantitative estimate of drug-likeness (QED) is 0.452. The molecule has 0 bridgehead atoms. The van der Waals surface area contributed by atoms with Crippen molar-refractivity contribution in [3.05, 3.63) is 0 Å². The summed E-state index contributed by atoms with van der Waals surface area (Å²) in [5.74, 6) is 0. The molecule has 0 aliphatic heterocycles. The van der Waals surface area contributed by atoms with Gasteiger partial charge in [-0.05, 0) is 32.9 Å². The highest BCUT2D eigenvalue weighted by atomic mass is 15.3. The Morgan fingerprint density at radius 3 is 2.09 bits per heavy atom. The number of hydrogen-bond donors (Lipinski definition) is 1. The maximum Gasteiger partial charge on any atom is 0.0780 e. The monoisotopic (exact) mass is 159 g/mol. The van der Waals surface area contributed by atoms with Crippen molar-refractivity contribution >= 4 is 0 Å². The van der Waals surface area contributed by atoms with E-state index in [1.54, 1.807) is 0 Å². The average Bonchev–Trinajstić information content (AvgIpc) is 1.85. The largest absolute Gasteiger partial charge is 0.331 e. The lowest BCUT2D eigenvalue weighted by molar-refractivity contribution is -0.870. The predicted octanol–water partition coefficient (Wildman–Crippen LogP) is 1.08. The van der Waals surface area contributed by atoms with Crippen molar-refractivity contribution in [2.45, 2.75) is 19.3 Å². The Morgan fingerprint density at radius 2 is 1.64 bits per heavy atom. The fourth-order valence-electron chi connectivity index (χ4n) is 1.06. The highest BCUT2D eigenvalue weighted by Gasteiger charge is 2.04. The number of quaternary nitrogens is 1. The van der Waals surface area contributed by atoms with Crippen LogP contribution in [-0.2, 0) is 0 Å². The second-order valence-corrected chi connectivity index (χ2v) is 4.18. The smallest absolute Gasteiger partial charge is 0.0780 e. The van der Waals surface area contributed by atoms with E-state index >= 15 is 0 Å². The number of unbranched alkanes of at least 4 members (excludes halogenated alkanes) is 2. The summed E-state index contributed by atoms with van der Waals surface area (Å²) in [4.78, 5) is 0. The van der Waals surface area contributed by atoms with E-state index in [0.717, 1.165) is 11.0 Å². The maximum atomic E-state index is 3.16. The van der Waals surface area contributed by atoms with Crippen molar-refractivity contribution in [3.8, 4) is 0 Å². The van der Waals surface area contributed by atoms with Gasteiger partial charge in [-0.15, -0.1) is 0 Å². The van der Waals surface area contributed by atoms with E-state index in [0.29, 0.717) is 0 Å². The topological polar surface area (TPSA) is 12.0 Å². The van der Waals surface area contributed by atoms with Crippen LogP contribution in [-0.4, -0.2) is 45.8 Å². The van der Waals surface area contributed by atoms with E-state index in [1.165, 1.54) is 25.8 Å². The average molecular weight is 159 g/mol. The van der Waals surface area contributed by atoms with Crippen molar-refractivity contribution in [1.29, 1.82) is 0 Å². The lowest BCUT2D eigenvalue weighted by Crippen LogP contribution is -2.35. The third kappa shape index (κ3) is 9.92. The minimum absolute atomic E-state index is 1.10. The summed E-state index contributed by atoms with van der Waals surface area (Å²) in [6.45, 7) is 2.46. The fourth-order valence-corrected chi connectivity index (χ4v) is 1.06. The van der Waals surface area contributed by atoms with E-state index < -0.39 is 0 Å². The summed E-state index contributed by atoms with van der Waals surface area (Å²) >= 11 is 0. The van der Waals surface area contributed by atoms with E-state index in [9.17, 15) is 0 Å². The summed E-state index contributed by atoms with van der Waals surface area (Å²) in [5.41, 5.74) is 0. The van der Waals surface area contributed by atoms with Gasteiger partial charge in [-0.3, -0.25) is 0 Å². The van der Waals surface area contributed by atoms with Gasteiger partial charge in [-0.2, -0.15) is 0 Å². The lowest BCUT2D eigenvalue weighted by atomic mass is 10.2. The first-order valence-corrected chi connectivity index (χ1v) is 4.51. The Kier molecular flexibility index (Phi) is 5.51. The first-order valence-electron chi connectivity index (χ1n) is 4.51. The van der Waals surface area contributed by atoms with Gasteiger partial charge in [0.2, 0.25) is 0 Å². The second-order valence-electron chi connectivity index (χ2n) is 4.18. The Balaban J connectivity index is 3.02. The van der Waals surface area contributed by atoms with Crippen LogP contribution in [0.4, 0.5) is 0 Å². The zero-order valence-corrected chi connectivity index (χ0v) is 8.48. The molecule has 2 nitrogen and oxygen atoms in total. The molecule has 0 aliphatic rings. The van der Waals surface area contributed by atoms with Crippen molar-refractivity contribution in [3.63, 3.8) is 0 Å². The van der Waals surface area contributed by atoms with Gasteiger partial charge in [-0.1, -0.05) is 0 Å². The molecule has 0 aromatic rings. The van der Waals surface area contributed by atoms with Gasteiger partial charge in [-0.25, -0.2) is 0 Å². The molecule has 0 saturated carbocycles. The summed E-state index contributed by atoms with van der Waals surface area (Å²) in [5, 5.41) is 3.16. The molecule has 0 aromatic carbocycles. The van der Waals surface area contributed by atoms with Crippen molar-refractivity contribution in [1.82, 2.24) is 5.32 Å². The second kappa shape index (κ2) is 5.56. The number of rotatable bonds is 6. The molecule has 2 heteroatoms. The van der Waals surface area contributed by atoms with Crippen LogP contribution in [0.2, 0.25) is 0 Å². The van der Waals surface area contributed by atoms with E-state index in [-0.39, 0.29) is 0 Å². The first-order chi connectivity index (χ1) is 5.06. The van der Waals surface area contributed by atoms with Gasteiger partial charge in [0.05, 0.1) is 27.7 Å². The van der Waals surface area contributed by atoms with Gasteiger partial charge in [0.1, 0.15) is 0 Å². The van der Waals surface area contributed by atoms with E-state index in [2.05, 4.69) is 26.5 Å². The standard InChI is InChI=1S/C9H23N2/c1-10-8-6-5-7-9-11(2,3)4/h10H,5-9H2,1-4H3/q+1. The Bertz CT molecular complexity index is 84.1. The number of nitrogens with zero attached hydrogens (tertiary/aromatic N) is 1. The molecule has 0 saturated heterocycles. The number of hydrogen-bond acceptors (Lipinski definition) is 1. The molecule has 0 amide bonds. The number of nitrogens with one attached hydrogen (secondary N) is 1. The minimum Gasteiger partial charge on any atom is -0.331 e. The molecule has 0 atom stereocenters. The third-order valence-electron chi connectivity index (χ3n) is 1.76. The molecule has 0 heterocycles. The molecule has 11 heavy (non-hydrogen) atoms. The molecule has 0 spiro atoms. The summed E-state index contributed by atoms with van der Waals surface area (Å²) in [6, 6.07) is 0. The van der Waals surface area contributed by atoms with Crippen LogP contribution in [0, 0.1) is 0 Å². The Labute approximate surface area is 71.2 Å². The zero-order chi connectivity index (χ0) is 8.74. The lowest BCUT2D eigenvalue weighted by Gasteiger charge is -2.23. The molecule has 0 radical (unpaired) electrons. The molecule has 0 rings (SSSR count). The SMILES string of the molecule is CNCCCCC[N+](C)(C)C. The molecule has 1 N–H and O–H groups in total. The maximum absolute atomic E-state index is 3.16. The van der Waals surface area contributed by atoms with E-state index in [1.807, 2.05) is 7.05 Å². The molecule has 0 fully saturated rings. The van der Waals surface area contributed by atoms with Crippen LogP contribution in [0.15, 0.2) is 0 Å². The van der Waals surface area contributed by atoms with Crippen LogP contribution >= 0.6 is 0 Å². The van der Waals surface area contributed by atoms with Crippen LogP contribution in [0.5, 0.6) is 0 Å². The Morgan fingerprint density at radius 1 is 1.00 bits per heavy atom. The molecule has 68 valence electrons. The van der Waals surface area contributed by atoms with Crippen LogP contribution in [0.3, 0.4) is 0 Å². The van der Waals surface area contributed by atoms with Crippen LogP contribution in [0.25, 0.3) is 0 Å². The van der Waals surface area contributed by atoms with Gasteiger partial charge >= 0.3 is 0 Å². The van der Waals surface area contributed by atoms with Crippen molar-refractivity contribution in [2.24, 2.45) is 0 Å². The van der Waals surface area contributed by atoms with Crippen LogP contribution in [0.1, 0.15) is 19.3 Å². The molecule has 0 aromatic heterocycles. The first kappa shape index (κ1) is 10.9. The fraction of sp³-hybridized carbons (Fsp3) is 1.00. The predicted molar refractivity (Wildman–Crippen MR) is 50.7 cm³/mol. The molecule has 0 unspecified atom stereocenters. The van der Waals surface area contributed by atoms with Crippen molar-refractivity contribution in [2.75, 3.05) is 41.3 Å². The molecular formula is C9H23N2+. The van der Waals surface area contributed by atoms with Crippen molar-refractivity contribution < 1.29 is 4.48 Å².